The molecule has 2 rings (SSSR count). The minimum absolute atomic E-state index is 0.00222. The third-order valence-electron chi connectivity index (χ3n) is 3.61. The summed E-state index contributed by atoms with van der Waals surface area (Å²) in [5, 5.41) is 0. The summed E-state index contributed by atoms with van der Waals surface area (Å²) < 4.78 is 26.2. The van der Waals surface area contributed by atoms with Crippen molar-refractivity contribution in [3.05, 3.63) is 24.0 Å². The van der Waals surface area contributed by atoms with E-state index in [4.69, 9.17) is 5.73 Å². The van der Waals surface area contributed by atoms with Gasteiger partial charge in [0, 0.05) is 25.8 Å². The van der Waals surface area contributed by atoms with Gasteiger partial charge in [0.05, 0.1) is 6.54 Å². The van der Waals surface area contributed by atoms with Gasteiger partial charge in [-0.05, 0) is 30.9 Å². The Morgan fingerprint density at radius 2 is 2.26 bits per heavy atom. The lowest BCUT2D eigenvalue weighted by Gasteiger charge is -2.27. The van der Waals surface area contributed by atoms with Crippen molar-refractivity contribution in [2.75, 3.05) is 13.6 Å². The molecule has 1 aliphatic rings. The van der Waals surface area contributed by atoms with Crippen molar-refractivity contribution in [2.45, 2.75) is 31.9 Å². The highest BCUT2D eigenvalue weighted by molar-refractivity contribution is 5.92. The molecule has 1 saturated carbocycles. The molecule has 0 aliphatic heterocycles. The molecule has 1 fully saturated rings. The van der Waals surface area contributed by atoms with Gasteiger partial charge in [0.15, 0.2) is 0 Å². The van der Waals surface area contributed by atoms with Crippen LogP contribution in [-0.2, 0) is 6.54 Å². The number of carbonyl (C=O) groups is 1. The fourth-order valence-electron chi connectivity index (χ4n) is 2.40. The largest absolute Gasteiger partial charge is 0.338 e. The summed E-state index contributed by atoms with van der Waals surface area (Å²) in [6.07, 6.45) is 1.19. The fraction of sp³-hybridized carbons (Fsp3) is 0.615. The molecule has 106 valence electrons. The number of hydrogen-bond acceptors (Lipinski definition) is 2. The maximum atomic E-state index is 12.4. The number of alkyl halides is 2. The monoisotopic (exact) mass is 271 g/mol. The summed E-state index contributed by atoms with van der Waals surface area (Å²) in [5.41, 5.74) is 6.00. The van der Waals surface area contributed by atoms with Gasteiger partial charge in [-0.1, -0.05) is 0 Å². The van der Waals surface area contributed by atoms with Crippen molar-refractivity contribution >= 4 is 5.91 Å². The van der Waals surface area contributed by atoms with Gasteiger partial charge >= 0.3 is 0 Å². The summed E-state index contributed by atoms with van der Waals surface area (Å²) in [5.74, 6) is 0.213. The van der Waals surface area contributed by atoms with Crippen LogP contribution in [0.2, 0.25) is 0 Å². The van der Waals surface area contributed by atoms with Gasteiger partial charge in [-0.25, -0.2) is 8.78 Å². The number of carbonyl (C=O) groups excluding carboxylic acids is 1. The van der Waals surface area contributed by atoms with Crippen LogP contribution in [-0.4, -0.2) is 41.4 Å². The molecular formula is C13H19F2N3O. The molecule has 0 saturated heterocycles. The number of rotatable bonds is 6. The first kappa shape index (κ1) is 14.0. The van der Waals surface area contributed by atoms with Crippen LogP contribution in [0.3, 0.4) is 0 Å². The number of nitrogens with zero attached hydrogens (tertiary/aromatic N) is 2. The smallest absolute Gasteiger partial charge is 0.270 e. The number of halogens is 2. The van der Waals surface area contributed by atoms with Crippen molar-refractivity contribution in [3.8, 4) is 0 Å². The highest BCUT2D eigenvalue weighted by Gasteiger charge is 2.35. The van der Waals surface area contributed by atoms with E-state index in [1.165, 1.54) is 10.8 Å². The Morgan fingerprint density at radius 3 is 2.79 bits per heavy atom. The van der Waals surface area contributed by atoms with Gasteiger partial charge in [-0.3, -0.25) is 4.79 Å². The molecule has 4 nitrogen and oxygen atoms in total. The first-order valence-corrected chi connectivity index (χ1v) is 6.45. The predicted octanol–water partition coefficient (Wildman–Crippen LogP) is 1.56. The van der Waals surface area contributed by atoms with Crippen LogP contribution in [0.25, 0.3) is 0 Å². The fourth-order valence-corrected chi connectivity index (χ4v) is 2.40. The molecule has 1 atom stereocenters. The Labute approximate surface area is 111 Å². The highest BCUT2D eigenvalue weighted by Crippen LogP contribution is 2.34. The lowest BCUT2D eigenvalue weighted by molar-refractivity contribution is 0.0698. The van der Waals surface area contributed by atoms with Gasteiger partial charge in [-0.15, -0.1) is 0 Å². The zero-order valence-electron chi connectivity index (χ0n) is 10.9. The average Bonchev–Trinajstić information content (AvgIpc) is 3.09. The Bertz CT molecular complexity index is 443. The van der Waals surface area contributed by atoms with E-state index in [0.29, 0.717) is 18.2 Å². The van der Waals surface area contributed by atoms with Crippen LogP contribution in [0.4, 0.5) is 8.78 Å². The molecule has 1 heterocycles. The minimum Gasteiger partial charge on any atom is -0.338 e. The number of amides is 1. The van der Waals surface area contributed by atoms with Crippen LogP contribution < -0.4 is 5.73 Å². The zero-order valence-corrected chi connectivity index (χ0v) is 10.9. The molecule has 1 aromatic rings. The summed E-state index contributed by atoms with van der Waals surface area (Å²) in [7, 11) is 1.69. The van der Waals surface area contributed by atoms with E-state index >= 15 is 0 Å². The molecule has 2 N–H and O–H groups in total. The van der Waals surface area contributed by atoms with Gasteiger partial charge in [0.25, 0.3) is 12.3 Å². The molecule has 0 spiro atoms. The SMILES string of the molecule is CN(C(=O)c1cccn1CC(F)F)C(CN)C1CC1. The maximum Gasteiger partial charge on any atom is 0.270 e. The molecule has 19 heavy (non-hydrogen) atoms. The Hall–Kier alpha value is -1.43. The molecule has 0 bridgehead atoms. The van der Waals surface area contributed by atoms with Crippen LogP contribution in [0, 0.1) is 5.92 Å². The molecule has 1 aliphatic carbocycles. The second-order valence-corrected chi connectivity index (χ2v) is 4.99. The lowest BCUT2D eigenvalue weighted by atomic mass is 10.1. The Balaban J connectivity index is 2.12. The van der Waals surface area contributed by atoms with Crippen LogP contribution in [0.5, 0.6) is 0 Å². The van der Waals surface area contributed by atoms with Gasteiger partial charge in [0.1, 0.15) is 5.69 Å². The lowest BCUT2D eigenvalue weighted by Crippen LogP contribution is -2.44. The van der Waals surface area contributed by atoms with Crippen molar-refractivity contribution in [1.29, 1.82) is 0 Å². The first-order chi connectivity index (χ1) is 9.04. The van der Waals surface area contributed by atoms with Crippen LogP contribution >= 0.6 is 0 Å². The zero-order chi connectivity index (χ0) is 14.0. The number of aromatic nitrogens is 1. The normalized spacial score (nSPS) is 16.7. The van der Waals surface area contributed by atoms with E-state index in [1.54, 1.807) is 24.1 Å². The number of hydrogen-bond donors (Lipinski definition) is 1. The molecule has 6 heteroatoms. The summed E-state index contributed by atoms with van der Waals surface area (Å²) in [6.45, 7) is -0.0545. The molecule has 0 radical (unpaired) electrons. The van der Waals surface area contributed by atoms with E-state index in [2.05, 4.69) is 0 Å². The Morgan fingerprint density at radius 1 is 1.58 bits per heavy atom. The minimum atomic E-state index is -2.47. The summed E-state index contributed by atoms with van der Waals surface area (Å²) >= 11 is 0. The topological polar surface area (TPSA) is 51.3 Å². The predicted molar refractivity (Wildman–Crippen MR) is 68.1 cm³/mol. The highest BCUT2D eigenvalue weighted by atomic mass is 19.3. The summed E-state index contributed by atoms with van der Waals surface area (Å²) in [6, 6.07) is 3.18. The molecule has 1 aromatic heterocycles. The Kier molecular flexibility index (Phi) is 4.19. The molecule has 1 amide bonds. The quantitative estimate of drug-likeness (QED) is 0.853. The average molecular weight is 271 g/mol. The molecule has 0 aromatic carbocycles. The van der Waals surface area contributed by atoms with Gasteiger partial charge in [-0.2, -0.15) is 0 Å². The second-order valence-electron chi connectivity index (χ2n) is 4.99. The van der Waals surface area contributed by atoms with Crippen molar-refractivity contribution in [2.24, 2.45) is 11.7 Å². The molecule has 1 unspecified atom stereocenters. The maximum absolute atomic E-state index is 12.4. The third-order valence-corrected chi connectivity index (χ3v) is 3.61. The van der Waals surface area contributed by atoms with E-state index in [-0.39, 0.29) is 11.9 Å². The van der Waals surface area contributed by atoms with E-state index in [1.807, 2.05) is 0 Å². The van der Waals surface area contributed by atoms with Gasteiger partial charge in [0.2, 0.25) is 0 Å². The molecular weight excluding hydrogens is 252 g/mol. The summed E-state index contributed by atoms with van der Waals surface area (Å²) in [4.78, 5) is 13.9. The van der Waals surface area contributed by atoms with E-state index < -0.39 is 13.0 Å². The third kappa shape index (κ3) is 3.12. The van der Waals surface area contributed by atoms with Crippen molar-refractivity contribution < 1.29 is 13.6 Å². The van der Waals surface area contributed by atoms with E-state index in [9.17, 15) is 13.6 Å². The van der Waals surface area contributed by atoms with E-state index in [0.717, 1.165) is 12.8 Å². The van der Waals surface area contributed by atoms with Crippen molar-refractivity contribution in [1.82, 2.24) is 9.47 Å². The van der Waals surface area contributed by atoms with Crippen LogP contribution in [0.15, 0.2) is 18.3 Å². The first-order valence-electron chi connectivity index (χ1n) is 6.45. The number of likely N-dealkylation sites (N-methyl/N-ethyl adjacent to an activating group) is 1. The van der Waals surface area contributed by atoms with Crippen molar-refractivity contribution in [3.63, 3.8) is 0 Å². The second kappa shape index (κ2) is 5.69. The number of nitrogens with two attached hydrogens (primary N) is 1. The van der Waals surface area contributed by atoms with Crippen LogP contribution in [0.1, 0.15) is 23.3 Å². The standard InChI is InChI=1S/C13H19F2N3O/c1-17(11(7-16)9-4-5-9)13(19)10-3-2-6-18(10)8-12(14)15/h2-3,6,9,11-12H,4-5,7-8,16H2,1H3. The van der Waals surface area contributed by atoms with Gasteiger partial charge < -0.3 is 15.2 Å².